The fourth-order valence-corrected chi connectivity index (χ4v) is 3.63. The van der Waals surface area contributed by atoms with Gasteiger partial charge < -0.3 is 15.0 Å². The van der Waals surface area contributed by atoms with Gasteiger partial charge in [-0.2, -0.15) is 0 Å². The summed E-state index contributed by atoms with van der Waals surface area (Å²) in [5.74, 6) is 0.854. The molecule has 1 atom stereocenters. The normalized spacial score (nSPS) is 17.1. The first-order valence-corrected chi connectivity index (χ1v) is 9.28. The fourth-order valence-electron chi connectivity index (χ4n) is 3.63. The lowest BCUT2D eigenvalue weighted by Crippen LogP contribution is -2.46. The van der Waals surface area contributed by atoms with E-state index >= 15 is 0 Å². The summed E-state index contributed by atoms with van der Waals surface area (Å²) in [6.07, 6.45) is 1.76. The average Bonchev–Trinajstić information content (AvgIpc) is 3.14. The molecule has 6 nitrogen and oxygen atoms in total. The lowest BCUT2D eigenvalue weighted by atomic mass is 10.1. The summed E-state index contributed by atoms with van der Waals surface area (Å²) in [7, 11) is 5.11. The van der Waals surface area contributed by atoms with Crippen LogP contribution in [-0.4, -0.2) is 62.0 Å². The highest BCUT2D eigenvalue weighted by molar-refractivity contribution is 5.85. The molecule has 2 aromatic carbocycles. The molecule has 1 saturated heterocycles. The van der Waals surface area contributed by atoms with E-state index in [-0.39, 0.29) is 24.4 Å². The number of likely N-dealkylation sites (N-methyl/N-ethyl adjacent to an activating group) is 2. The molecule has 0 radical (unpaired) electrons. The molecule has 1 fully saturated rings. The number of amides is 2. The minimum Gasteiger partial charge on any atom is -0.497 e. The van der Waals surface area contributed by atoms with Crippen LogP contribution in [0, 0.1) is 0 Å². The van der Waals surface area contributed by atoms with Crippen molar-refractivity contribution in [3.8, 4) is 5.75 Å². The third-order valence-electron chi connectivity index (χ3n) is 5.21. The molecule has 6 heteroatoms. The van der Waals surface area contributed by atoms with Crippen molar-refractivity contribution >= 4 is 22.6 Å². The van der Waals surface area contributed by atoms with Gasteiger partial charge in [0.15, 0.2) is 0 Å². The van der Waals surface area contributed by atoms with Crippen LogP contribution in [0.15, 0.2) is 36.4 Å². The molecule has 27 heavy (non-hydrogen) atoms. The molecular formula is C21H27N3O3. The van der Waals surface area contributed by atoms with Crippen LogP contribution >= 0.6 is 0 Å². The lowest BCUT2D eigenvalue weighted by molar-refractivity contribution is -0.133. The van der Waals surface area contributed by atoms with Crippen LogP contribution in [0.5, 0.6) is 5.75 Å². The molecule has 1 unspecified atom stereocenters. The number of likely N-dealkylation sites (tertiary alicyclic amines) is 1. The largest absolute Gasteiger partial charge is 0.497 e. The van der Waals surface area contributed by atoms with E-state index in [0.717, 1.165) is 41.5 Å². The Kier molecular flexibility index (Phi) is 5.96. The third kappa shape index (κ3) is 4.39. The summed E-state index contributed by atoms with van der Waals surface area (Å²) < 4.78 is 5.26. The number of hydrogen-bond acceptors (Lipinski definition) is 4. The van der Waals surface area contributed by atoms with E-state index in [1.54, 1.807) is 19.1 Å². The second-order valence-electron chi connectivity index (χ2n) is 7.04. The maximum atomic E-state index is 12.6. The van der Waals surface area contributed by atoms with Gasteiger partial charge in [-0.05, 0) is 53.9 Å². The summed E-state index contributed by atoms with van der Waals surface area (Å²) in [6.45, 7) is 1.61. The summed E-state index contributed by atoms with van der Waals surface area (Å²) >= 11 is 0. The van der Waals surface area contributed by atoms with Crippen molar-refractivity contribution in [3.05, 3.63) is 42.0 Å². The predicted molar refractivity (Wildman–Crippen MR) is 106 cm³/mol. The molecule has 1 heterocycles. The summed E-state index contributed by atoms with van der Waals surface area (Å²) in [5.41, 5.74) is 1.08. The first-order valence-electron chi connectivity index (χ1n) is 9.28. The zero-order valence-corrected chi connectivity index (χ0v) is 16.2. The van der Waals surface area contributed by atoms with Crippen LogP contribution < -0.4 is 10.1 Å². The van der Waals surface area contributed by atoms with Crippen LogP contribution in [0.1, 0.15) is 18.4 Å². The molecule has 0 bridgehead atoms. The fraction of sp³-hybridized carbons (Fsp3) is 0.429. The van der Waals surface area contributed by atoms with E-state index in [9.17, 15) is 9.59 Å². The van der Waals surface area contributed by atoms with Gasteiger partial charge in [0.25, 0.3) is 0 Å². The number of fused-ring (bicyclic) bond motifs is 1. The molecule has 2 amide bonds. The van der Waals surface area contributed by atoms with Gasteiger partial charge in [0.05, 0.1) is 19.7 Å². The minimum atomic E-state index is -0.192. The Morgan fingerprint density at radius 1 is 1.22 bits per heavy atom. The number of nitrogens with one attached hydrogen (secondary N) is 1. The number of benzene rings is 2. The van der Waals surface area contributed by atoms with Crippen LogP contribution in [0.3, 0.4) is 0 Å². The SMILES string of the molecule is CNC(=O)C1CCCN1CC(=O)N(C)Cc1ccc2cc(OC)ccc2c1. The zero-order valence-electron chi connectivity index (χ0n) is 16.2. The van der Waals surface area contributed by atoms with Crippen LogP contribution in [0.2, 0.25) is 0 Å². The van der Waals surface area contributed by atoms with E-state index in [4.69, 9.17) is 4.74 Å². The second kappa shape index (κ2) is 8.39. The van der Waals surface area contributed by atoms with Crippen molar-refractivity contribution in [1.82, 2.24) is 15.1 Å². The Bertz CT molecular complexity index is 837. The first kappa shape index (κ1) is 19.2. The predicted octanol–water partition coefficient (Wildman–Crippen LogP) is 2.02. The minimum absolute atomic E-state index is 0.00656. The number of carbonyl (C=O) groups excluding carboxylic acids is 2. The Hall–Kier alpha value is -2.60. The van der Waals surface area contributed by atoms with Crippen molar-refractivity contribution in [1.29, 1.82) is 0 Å². The van der Waals surface area contributed by atoms with Gasteiger partial charge in [-0.15, -0.1) is 0 Å². The standard InChI is InChI=1S/C21H27N3O3/c1-22-21(26)19-5-4-10-24(19)14-20(25)23(2)13-15-6-7-17-12-18(27-3)9-8-16(17)11-15/h6-9,11-12,19H,4-5,10,13-14H2,1-3H3,(H,22,26). The van der Waals surface area contributed by atoms with E-state index in [2.05, 4.69) is 11.4 Å². The highest BCUT2D eigenvalue weighted by atomic mass is 16.5. The van der Waals surface area contributed by atoms with Crippen molar-refractivity contribution < 1.29 is 14.3 Å². The maximum Gasteiger partial charge on any atom is 0.237 e. The molecule has 0 aromatic heterocycles. The molecule has 1 aliphatic heterocycles. The number of rotatable bonds is 6. The molecule has 1 aliphatic rings. The van der Waals surface area contributed by atoms with E-state index in [0.29, 0.717) is 6.54 Å². The van der Waals surface area contributed by atoms with E-state index in [1.165, 1.54) is 0 Å². The smallest absolute Gasteiger partial charge is 0.237 e. The number of hydrogen-bond donors (Lipinski definition) is 1. The third-order valence-corrected chi connectivity index (χ3v) is 5.21. The molecule has 0 aliphatic carbocycles. The van der Waals surface area contributed by atoms with Crippen LogP contribution in [0.4, 0.5) is 0 Å². The van der Waals surface area contributed by atoms with Gasteiger partial charge in [-0.3, -0.25) is 14.5 Å². The number of nitrogens with zero attached hydrogens (tertiary/aromatic N) is 2. The van der Waals surface area contributed by atoms with Crippen molar-refractivity contribution in [2.75, 3.05) is 34.3 Å². The van der Waals surface area contributed by atoms with Gasteiger partial charge in [0.1, 0.15) is 5.75 Å². The van der Waals surface area contributed by atoms with Crippen LogP contribution in [-0.2, 0) is 16.1 Å². The van der Waals surface area contributed by atoms with E-state index in [1.807, 2.05) is 42.3 Å². The molecule has 0 saturated carbocycles. The van der Waals surface area contributed by atoms with Crippen molar-refractivity contribution in [3.63, 3.8) is 0 Å². The first-order chi connectivity index (χ1) is 13.0. The molecule has 3 rings (SSSR count). The Morgan fingerprint density at radius 3 is 2.70 bits per heavy atom. The van der Waals surface area contributed by atoms with Crippen LogP contribution in [0.25, 0.3) is 10.8 Å². The molecular weight excluding hydrogens is 342 g/mol. The van der Waals surface area contributed by atoms with Crippen molar-refractivity contribution in [2.24, 2.45) is 0 Å². The van der Waals surface area contributed by atoms with Gasteiger partial charge >= 0.3 is 0 Å². The Morgan fingerprint density at radius 2 is 1.96 bits per heavy atom. The lowest BCUT2D eigenvalue weighted by Gasteiger charge is -2.25. The van der Waals surface area contributed by atoms with Gasteiger partial charge in [-0.25, -0.2) is 0 Å². The summed E-state index contributed by atoms with van der Waals surface area (Å²) in [4.78, 5) is 28.3. The van der Waals surface area contributed by atoms with Gasteiger partial charge in [-0.1, -0.05) is 18.2 Å². The highest BCUT2D eigenvalue weighted by Gasteiger charge is 2.31. The van der Waals surface area contributed by atoms with Gasteiger partial charge in [0.2, 0.25) is 11.8 Å². The Balaban J connectivity index is 1.64. The zero-order chi connectivity index (χ0) is 19.4. The number of ether oxygens (including phenoxy) is 1. The van der Waals surface area contributed by atoms with Crippen molar-refractivity contribution in [2.45, 2.75) is 25.4 Å². The monoisotopic (exact) mass is 369 g/mol. The highest BCUT2D eigenvalue weighted by Crippen LogP contribution is 2.22. The molecule has 1 N–H and O–H groups in total. The molecule has 144 valence electrons. The molecule has 0 spiro atoms. The topological polar surface area (TPSA) is 61.9 Å². The quantitative estimate of drug-likeness (QED) is 0.846. The van der Waals surface area contributed by atoms with Gasteiger partial charge in [0, 0.05) is 20.6 Å². The second-order valence-corrected chi connectivity index (χ2v) is 7.04. The molecule has 2 aromatic rings. The maximum absolute atomic E-state index is 12.6. The van der Waals surface area contributed by atoms with E-state index < -0.39 is 0 Å². The number of carbonyl (C=O) groups is 2. The number of methoxy groups -OCH3 is 1. The summed E-state index contributed by atoms with van der Waals surface area (Å²) in [6, 6.07) is 12.0. The summed E-state index contributed by atoms with van der Waals surface area (Å²) in [5, 5.41) is 4.92. The Labute approximate surface area is 160 Å². The average molecular weight is 369 g/mol.